The third kappa shape index (κ3) is 1.72. The number of allylic oxidation sites excluding steroid dienone is 5. The second-order valence-corrected chi connectivity index (χ2v) is 3.56. The molecule has 0 aromatic carbocycles. The van der Waals surface area contributed by atoms with Gasteiger partial charge in [-0.25, -0.2) is 0 Å². The van der Waals surface area contributed by atoms with Crippen LogP contribution in [0.5, 0.6) is 0 Å². The molecule has 1 atom stereocenters. The van der Waals surface area contributed by atoms with Gasteiger partial charge in [0.2, 0.25) is 5.91 Å². The predicted molar refractivity (Wildman–Crippen MR) is 51.8 cm³/mol. The Morgan fingerprint density at radius 2 is 2.31 bits per heavy atom. The van der Waals surface area contributed by atoms with Crippen LogP contribution in [0.3, 0.4) is 0 Å². The highest BCUT2D eigenvalue weighted by Gasteiger charge is 2.17. The molecule has 2 rings (SSSR count). The zero-order chi connectivity index (χ0) is 9.26. The Morgan fingerprint density at radius 3 is 3.15 bits per heavy atom. The largest absolute Gasteiger partial charge is 0.326 e. The van der Waals surface area contributed by atoms with Crippen molar-refractivity contribution in [2.24, 2.45) is 5.92 Å². The van der Waals surface area contributed by atoms with Gasteiger partial charge < -0.3 is 5.32 Å². The maximum absolute atomic E-state index is 11.1. The van der Waals surface area contributed by atoms with Crippen molar-refractivity contribution in [3.05, 3.63) is 35.6 Å². The predicted octanol–water partition coefficient (Wildman–Crippen LogP) is 1.91. The number of carbonyl (C=O) groups excluding carboxylic acids is 1. The molecule has 2 aliphatic rings. The van der Waals surface area contributed by atoms with Gasteiger partial charge in [0, 0.05) is 12.1 Å². The molecule has 1 saturated heterocycles. The van der Waals surface area contributed by atoms with Crippen LogP contribution >= 0.6 is 0 Å². The van der Waals surface area contributed by atoms with E-state index in [2.05, 4.69) is 24.4 Å². The summed E-state index contributed by atoms with van der Waals surface area (Å²) in [5.74, 6) is 0.602. The smallest absolute Gasteiger partial charge is 0.224 e. The summed E-state index contributed by atoms with van der Waals surface area (Å²) in [6.45, 7) is 2.15. The maximum Gasteiger partial charge on any atom is 0.224 e. The molecule has 1 aliphatic carbocycles. The number of rotatable bonds is 0. The van der Waals surface area contributed by atoms with Crippen LogP contribution in [-0.4, -0.2) is 5.91 Å². The highest BCUT2D eigenvalue weighted by molar-refractivity contribution is 5.81. The summed E-state index contributed by atoms with van der Waals surface area (Å²) >= 11 is 0. The molecule has 1 unspecified atom stereocenters. The average Bonchev–Trinajstić information content (AvgIpc) is 2.25. The van der Waals surface area contributed by atoms with Gasteiger partial charge in [0.1, 0.15) is 0 Å². The lowest BCUT2D eigenvalue weighted by Crippen LogP contribution is -2.28. The summed E-state index contributed by atoms with van der Waals surface area (Å²) in [5, 5.41) is 2.88. The molecule has 0 radical (unpaired) electrons. The molecule has 1 N–H and O–H groups in total. The van der Waals surface area contributed by atoms with Crippen LogP contribution in [-0.2, 0) is 4.79 Å². The third-order valence-electron chi connectivity index (χ3n) is 2.38. The van der Waals surface area contributed by atoms with Crippen molar-refractivity contribution in [1.29, 1.82) is 0 Å². The molecule has 1 heterocycles. The van der Waals surface area contributed by atoms with Crippen LogP contribution in [0, 0.1) is 5.92 Å². The Balaban J connectivity index is 2.30. The highest BCUT2D eigenvalue weighted by atomic mass is 16.1. The van der Waals surface area contributed by atoms with Crippen LogP contribution < -0.4 is 5.32 Å². The summed E-state index contributed by atoms with van der Waals surface area (Å²) in [6.07, 6.45) is 9.83. The van der Waals surface area contributed by atoms with E-state index in [4.69, 9.17) is 0 Å². The lowest BCUT2D eigenvalue weighted by Gasteiger charge is -2.18. The monoisotopic (exact) mass is 175 g/mol. The van der Waals surface area contributed by atoms with Crippen molar-refractivity contribution in [2.45, 2.75) is 19.8 Å². The van der Waals surface area contributed by atoms with E-state index in [9.17, 15) is 4.79 Å². The average molecular weight is 175 g/mol. The van der Waals surface area contributed by atoms with Gasteiger partial charge in [0.05, 0.1) is 0 Å². The fourth-order valence-corrected chi connectivity index (χ4v) is 1.70. The molecule has 1 aliphatic heterocycles. The van der Waals surface area contributed by atoms with Gasteiger partial charge in [-0.2, -0.15) is 0 Å². The fraction of sp³-hybridized carbons (Fsp3) is 0.364. The number of piperidine rings is 1. The molecule has 13 heavy (non-hydrogen) atoms. The number of nitrogens with one attached hydrogen (secondary N) is 1. The Labute approximate surface area is 78.0 Å². The van der Waals surface area contributed by atoms with Gasteiger partial charge in [0.15, 0.2) is 0 Å². The summed E-state index contributed by atoms with van der Waals surface area (Å²) in [4.78, 5) is 11.1. The number of amides is 1. The minimum atomic E-state index is 0.131. The van der Waals surface area contributed by atoms with Crippen molar-refractivity contribution in [3.63, 3.8) is 0 Å². The van der Waals surface area contributed by atoms with Crippen molar-refractivity contribution in [1.82, 2.24) is 5.32 Å². The Hall–Kier alpha value is -1.31. The molecule has 0 bridgehead atoms. The van der Waals surface area contributed by atoms with E-state index in [1.165, 1.54) is 5.57 Å². The van der Waals surface area contributed by atoms with Crippen LogP contribution in [0.4, 0.5) is 0 Å². The third-order valence-corrected chi connectivity index (χ3v) is 2.38. The van der Waals surface area contributed by atoms with Crippen LogP contribution in [0.15, 0.2) is 35.6 Å². The van der Waals surface area contributed by atoms with Crippen molar-refractivity contribution >= 4 is 5.91 Å². The number of carbonyl (C=O) groups is 1. The molecule has 2 heteroatoms. The molecule has 0 spiro atoms. The van der Waals surface area contributed by atoms with Crippen LogP contribution in [0.1, 0.15) is 19.8 Å². The Morgan fingerprint density at radius 1 is 1.46 bits per heavy atom. The molecule has 1 fully saturated rings. The SMILES string of the molecule is CC1C=CC=C2NC(=O)CCC2=C1. The molecular weight excluding hydrogens is 162 g/mol. The number of fused-ring (bicyclic) bond motifs is 1. The van der Waals surface area contributed by atoms with E-state index in [1.54, 1.807) is 0 Å². The zero-order valence-electron chi connectivity index (χ0n) is 7.71. The first-order chi connectivity index (χ1) is 6.25. The molecule has 0 aromatic heterocycles. The quantitative estimate of drug-likeness (QED) is 0.598. The highest BCUT2D eigenvalue weighted by Crippen LogP contribution is 2.23. The molecular formula is C11H13NO. The van der Waals surface area contributed by atoms with E-state index in [1.807, 2.05) is 12.2 Å². The number of hydrogen-bond acceptors (Lipinski definition) is 1. The van der Waals surface area contributed by atoms with Gasteiger partial charge in [-0.15, -0.1) is 0 Å². The molecule has 0 saturated carbocycles. The van der Waals surface area contributed by atoms with E-state index >= 15 is 0 Å². The van der Waals surface area contributed by atoms with Crippen molar-refractivity contribution in [3.8, 4) is 0 Å². The van der Waals surface area contributed by atoms with Gasteiger partial charge in [-0.1, -0.05) is 25.2 Å². The Bertz CT molecular complexity index is 323. The lowest BCUT2D eigenvalue weighted by atomic mass is 9.99. The minimum absolute atomic E-state index is 0.131. The van der Waals surface area contributed by atoms with Crippen molar-refractivity contribution < 1.29 is 4.79 Å². The zero-order valence-corrected chi connectivity index (χ0v) is 7.71. The molecule has 68 valence electrons. The second kappa shape index (κ2) is 3.21. The van der Waals surface area contributed by atoms with Gasteiger partial charge in [-0.3, -0.25) is 4.79 Å². The van der Waals surface area contributed by atoms with E-state index in [-0.39, 0.29) is 5.91 Å². The summed E-state index contributed by atoms with van der Waals surface area (Å²) < 4.78 is 0. The first-order valence-electron chi connectivity index (χ1n) is 4.65. The minimum Gasteiger partial charge on any atom is -0.326 e. The summed E-state index contributed by atoms with van der Waals surface area (Å²) in [6, 6.07) is 0. The lowest BCUT2D eigenvalue weighted by molar-refractivity contribution is -0.120. The molecule has 2 nitrogen and oxygen atoms in total. The Kier molecular flexibility index (Phi) is 2.05. The van der Waals surface area contributed by atoms with Gasteiger partial charge in [0.25, 0.3) is 0 Å². The van der Waals surface area contributed by atoms with E-state index in [0.717, 1.165) is 12.1 Å². The molecule has 1 amide bonds. The first-order valence-corrected chi connectivity index (χ1v) is 4.65. The van der Waals surface area contributed by atoms with E-state index < -0.39 is 0 Å². The summed E-state index contributed by atoms with van der Waals surface area (Å²) in [5.41, 5.74) is 2.26. The fourth-order valence-electron chi connectivity index (χ4n) is 1.70. The number of hydrogen-bond donors (Lipinski definition) is 1. The van der Waals surface area contributed by atoms with E-state index in [0.29, 0.717) is 12.3 Å². The van der Waals surface area contributed by atoms with Crippen LogP contribution in [0.2, 0.25) is 0 Å². The van der Waals surface area contributed by atoms with Crippen LogP contribution in [0.25, 0.3) is 0 Å². The summed E-state index contributed by atoms with van der Waals surface area (Å²) in [7, 11) is 0. The van der Waals surface area contributed by atoms with Gasteiger partial charge >= 0.3 is 0 Å². The molecule has 0 aromatic rings. The van der Waals surface area contributed by atoms with Crippen molar-refractivity contribution in [2.75, 3.05) is 0 Å². The second-order valence-electron chi connectivity index (χ2n) is 3.56. The normalized spacial score (nSPS) is 26.8. The standard InChI is InChI=1S/C11H13NO/c1-8-3-2-4-10-9(7-8)5-6-11(13)12-10/h2-4,7-8H,5-6H2,1H3,(H,12,13). The van der Waals surface area contributed by atoms with Gasteiger partial charge in [-0.05, 0) is 24.0 Å². The maximum atomic E-state index is 11.1. The topological polar surface area (TPSA) is 29.1 Å². The first kappa shape index (κ1) is 8.30.